The van der Waals surface area contributed by atoms with Crippen molar-refractivity contribution in [2.24, 2.45) is 0 Å². The summed E-state index contributed by atoms with van der Waals surface area (Å²) in [5.41, 5.74) is 7.41. The molecule has 0 spiro atoms. The summed E-state index contributed by atoms with van der Waals surface area (Å²) in [6.07, 6.45) is 1.92. The van der Waals surface area contributed by atoms with E-state index in [1.165, 1.54) is 0 Å². The lowest BCUT2D eigenvalue weighted by Gasteiger charge is -2.10. The van der Waals surface area contributed by atoms with Gasteiger partial charge in [-0.05, 0) is 23.3 Å². The highest BCUT2D eigenvalue weighted by atomic mass is 16.3. The molecule has 0 saturated heterocycles. The first-order chi connectivity index (χ1) is 18.9. The van der Waals surface area contributed by atoms with Crippen molar-refractivity contribution < 1.29 is 4.42 Å². The second-order valence-electron chi connectivity index (χ2n) is 9.24. The molecule has 38 heavy (non-hydrogen) atoms. The number of aromatic nitrogens is 2. The molecule has 0 aliphatic heterocycles. The Balaban J connectivity index is 1.49. The fraction of sp³-hybridized carbons (Fsp3) is 0. The van der Waals surface area contributed by atoms with Crippen molar-refractivity contribution in [1.29, 1.82) is 0 Å². The van der Waals surface area contributed by atoms with Crippen LogP contribution in [0, 0.1) is 0 Å². The van der Waals surface area contributed by atoms with Gasteiger partial charge in [-0.15, -0.1) is 0 Å². The first-order valence-corrected chi connectivity index (χ1v) is 12.7. The molecule has 0 aliphatic carbocycles. The molecule has 0 fully saturated rings. The zero-order valence-corrected chi connectivity index (χ0v) is 20.7. The SMILES string of the molecule is c1ccc(-c2ccccc2-c2oc(-c3cnn(-c4ccccc4)c3-c3ccccc3)c3ccccc23)cc1. The lowest BCUT2D eigenvalue weighted by atomic mass is 9.96. The van der Waals surface area contributed by atoms with Crippen molar-refractivity contribution >= 4 is 10.8 Å². The van der Waals surface area contributed by atoms with Crippen LogP contribution in [-0.4, -0.2) is 9.78 Å². The van der Waals surface area contributed by atoms with Crippen LogP contribution in [0.15, 0.2) is 150 Å². The van der Waals surface area contributed by atoms with Crippen molar-refractivity contribution in [3.8, 4) is 50.7 Å². The summed E-state index contributed by atoms with van der Waals surface area (Å²) in [6.45, 7) is 0. The lowest BCUT2D eigenvalue weighted by Crippen LogP contribution is -1.99. The molecular weight excluding hydrogens is 464 g/mol. The number of rotatable bonds is 5. The fourth-order valence-electron chi connectivity index (χ4n) is 5.20. The van der Waals surface area contributed by atoms with Gasteiger partial charge in [0.25, 0.3) is 0 Å². The van der Waals surface area contributed by atoms with E-state index in [0.717, 1.165) is 61.5 Å². The minimum absolute atomic E-state index is 0.819. The monoisotopic (exact) mass is 488 g/mol. The van der Waals surface area contributed by atoms with E-state index in [1.54, 1.807) is 0 Å². The molecule has 2 heterocycles. The average Bonchev–Trinajstić information content (AvgIpc) is 3.61. The van der Waals surface area contributed by atoms with Gasteiger partial charge < -0.3 is 4.42 Å². The van der Waals surface area contributed by atoms with E-state index in [1.807, 2.05) is 41.2 Å². The van der Waals surface area contributed by atoms with Crippen molar-refractivity contribution in [3.05, 3.63) is 146 Å². The number of furan rings is 1. The molecule has 0 aliphatic rings. The summed E-state index contributed by atoms with van der Waals surface area (Å²) in [6, 6.07) is 48.0. The molecule has 2 aromatic heterocycles. The molecule has 7 aromatic rings. The number of para-hydroxylation sites is 1. The Morgan fingerprint density at radius 3 is 1.61 bits per heavy atom. The Kier molecular flexibility index (Phi) is 5.45. The largest absolute Gasteiger partial charge is 0.455 e. The molecule has 0 amide bonds. The van der Waals surface area contributed by atoms with E-state index in [4.69, 9.17) is 9.52 Å². The minimum Gasteiger partial charge on any atom is -0.455 e. The van der Waals surface area contributed by atoms with Gasteiger partial charge in [-0.1, -0.05) is 127 Å². The normalized spacial score (nSPS) is 11.2. The van der Waals surface area contributed by atoms with E-state index < -0.39 is 0 Å². The molecule has 0 bridgehead atoms. The Morgan fingerprint density at radius 1 is 0.447 bits per heavy atom. The molecule has 0 unspecified atom stereocenters. The molecule has 7 rings (SSSR count). The van der Waals surface area contributed by atoms with Crippen molar-refractivity contribution in [2.75, 3.05) is 0 Å². The highest BCUT2D eigenvalue weighted by molar-refractivity contribution is 6.06. The predicted molar refractivity (Wildman–Crippen MR) is 155 cm³/mol. The fourth-order valence-corrected chi connectivity index (χ4v) is 5.20. The van der Waals surface area contributed by atoms with Gasteiger partial charge in [0, 0.05) is 21.9 Å². The smallest absolute Gasteiger partial charge is 0.146 e. The highest BCUT2D eigenvalue weighted by Crippen LogP contribution is 2.45. The molecule has 0 N–H and O–H groups in total. The van der Waals surface area contributed by atoms with Crippen molar-refractivity contribution in [3.63, 3.8) is 0 Å². The summed E-state index contributed by atoms with van der Waals surface area (Å²) in [5, 5.41) is 7.00. The van der Waals surface area contributed by atoms with Gasteiger partial charge in [0.15, 0.2) is 0 Å². The Bertz CT molecular complexity index is 1850. The molecule has 3 nitrogen and oxygen atoms in total. The molecule has 180 valence electrons. The zero-order chi connectivity index (χ0) is 25.3. The summed E-state index contributed by atoms with van der Waals surface area (Å²) >= 11 is 0. The van der Waals surface area contributed by atoms with Crippen molar-refractivity contribution in [2.45, 2.75) is 0 Å². The molecule has 3 heteroatoms. The number of benzene rings is 5. The maximum absolute atomic E-state index is 6.86. The number of fused-ring (bicyclic) bond motifs is 1. The van der Waals surface area contributed by atoms with E-state index in [2.05, 4.69) is 109 Å². The topological polar surface area (TPSA) is 31.0 Å². The van der Waals surface area contributed by atoms with Crippen LogP contribution >= 0.6 is 0 Å². The molecule has 0 radical (unpaired) electrons. The quantitative estimate of drug-likeness (QED) is 0.242. The van der Waals surface area contributed by atoms with Crippen LogP contribution in [0.1, 0.15) is 0 Å². The zero-order valence-electron chi connectivity index (χ0n) is 20.7. The van der Waals surface area contributed by atoms with Crippen molar-refractivity contribution in [1.82, 2.24) is 9.78 Å². The van der Waals surface area contributed by atoms with Gasteiger partial charge in [-0.25, -0.2) is 4.68 Å². The van der Waals surface area contributed by atoms with Gasteiger partial charge in [-0.3, -0.25) is 0 Å². The summed E-state index contributed by atoms with van der Waals surface area (Å²) in [4.78, 5) is 0. The molecule has 5 aromatic carbocycles. The maximum Gasteiger partial charge on any atom is 0.146 e. The van der Waals surface area contributed by atoms with E-state index in [9.17, 15) is 0 Å². The number of hydrogen-bond donors (Lipinski definition) is 0. The van der Waals surface area contributed by atoms with E-state index >= 15 is 0 Å². The maximum atomic E-state index is 6.86. The highest BCUT2D eigenvalue weighted by Gasteiger charge is 2.24. The Hall–Kier alpha value is -5.15. The van der Waals surface area contributed by atoms with E-state index in [-0.39, 0.29) is 0 Å². The average molecular weight is 489 g/mol. The predicted octanol–water partition coefficient (Wildman–Crippen LogP) is 9.29. The first-order valence-electron chi connectivity index (χ1n) is 12.7. The molecule has 0 saturated carbocycles. The third kappa shape index (κ3) is 3.73. The number of hydrogen-bond acceptors (Lipinski definition) is 2. The van der Waals surface area contributed by atoms with Crippen LogP contribution in [0.2, 0.25) is 0 Å². The van der Waals surface area contributed by atoms with Crippen LogP contribution in [0.5, 0.6) is 0 Å². The van der Waals surface area contributed by atoms with E-state index in [0.29, 0.717) is 0 Å². The van der Waals surface area contributed by atoms with Crippen LogP contribution in [0.25, 0.3) is 61.5 Å². The summed E-state index contributed by atoms with van der Waals surface area (Å²) in [5.74, 6) is 1.68. The lowest BCUT2D eigenvalue weighted by molar-refractivity contribution is 0.602. The van der Waals surface area contributed by atoms with Crippen LogP contribution < -0.4 is 0 Å². The first kappa shape index (κ1) is 22.1. The van der Waals surface area contributed by atoms with Gasteiger partial charge in [0.1, 0.15) is 11.5 Å². The second kappa shape index (κ2) is 9.38. The summed E-state index contributed by atoms with van der Waals surface area (Å²) < 4.78 is 8.86. The standard InChI is InChI=1S/C35H24N2O/c1-4-14-25(15-5-1)28-20-10-11-21-29(28)34-30-22-12-13-23-31(30)35(38-34)32-24-36-37(27-18-8-3-9-19-27)33(32)26-16-6-2-7-17-26/h1-24H. The van der Waals surface area contributed by atoms with Gasteiger partial charge in [0.2, 0.25) is 0 Å². The molecule has 0 atom stereocenters. The Morgan fingerprint density at radius 2 is 0.947 bits per heavy atom. The Labute approximate surface area is 221 Å². The minimum atomic E-state index is 0.819. The number of nitrogens with zero attached hydrogens (tertiary/aromatic N) is 2. The van der Waals surface area contributed by atoms with Gasteiger partial charge in [-0.2, -0.15) is 5.10 Å². The van der Waals surface area contributed by atoms with Crippen LogP contribution in [0.4, 0.5) is 0 Å². The molecular formula is C35H24N2O. The van der Waals surface area contributed by atoms with Gasteiger partial charge in [0.05, 0.1) is 23.1 Å². The van der Waals surface area contributed by atoms with Gasteiger partial charge >= 0.3 is 0 Å². The third-order valence-electron chi connectivity index (χ3n) is 6.94. The van der Waals surface area contributed by atoms with Crippen LogP contribution in [-0.2, 0) is 0 Å². The third-order valence-corrected chi connectivity index (χ3v) is 6.94. The summed E-state index contributed by atoms with van der Waals surface area (Å²) in [7, 11) is 0. The van der Waals surface area contributed by atoms with Crippen LogP contribution in [0.3, 0.4) is 0 Å². The second-order valence-corrected chi connectivity index (χ2v) is 9.24.